The fourth-order valence-electron chi connectivity index (χ4n) is 6.27. The molecule has 0 unspecified atom stereocenters. The molecule has 0 aromatic heterocycles. The summed E-state index contributed by atoms with van der Waals surface area (Å²) in [5, 5.41) is -0.123. The van der Waals surface area contributed by atoms with Crippen molar-refractivity contribution in [1.82, 2.24) is 4.90 Å². The second-order valence-corrected chi connectivity index (χ2v) is 10.1. The molecule has 6 rings (SSSR count). The van der Waals surface area contributed by atoms with Gasteiger partial charge >= 0.3 is 0 Å². The number of aliphatic imine (C=N–C) groups is 2. The van der Waals surface area contributed by atoms with Crippen molar-refractivity contribution in [2.24, 2.45) is 15.4 Å². The first-order chi connectivity index (χ1) is 14.0. The van der Waals surface area contributed by atoms with E-state index in [1.165, 1.54) is 16.8 Å². The Bertz CT molecular complexity index is 1110. The van der Waals surface area contributed by atoms with E-state index in [9.17, 15) is 0 Å². The molecule has 4 aliphatic heterocycles. The molecule has 4 nitrogen and oxygen atoms in total. The third kappa shape index (κ3) is 2.01. The smallest absolute Gasteiger partial charge is 0.118 e. The van der Waals surface area contributed by atoms with E-state index in [0.29, 0.717) is 6.54 Å². The molecule has 0 bridgehead atoms. The zero-order chi connectivity index (χ0) is 20.0. The van der Waals surface area contributed by atoms with Gasteiger partial charge in [0.25, 0.3) is 0 Å². The van der Waals surface area contributed by atoms with E-state index in [-0.39, 0.29) is 16.2 Å². The van der Waals surface area contributed by atoms with E-state index < -0.39 is 0 Å². The van der Waals surface area contributed by atoms with Crippen LogP contribution in [0.15, 0.2) is 56.9 Å². The third-order valence-corrected chi connectivity index (χ3v) is 8.37. The summed E-state index contributed by atoms with van der Waals surface area (Å²) >= 11 is 10.9. The fourth-order valence-corrected chi connectivity index (χ4v) is 7.11. The van der Waals surface area contributed by atoms with Gasteiger partial charge in [-0.3, -0.25) is 4.99 Å². The number of rotatable bonds is 0. The predicted octanol–water partition coefficient (Wildman–Crippen LogP) is 4.76. The lowest BCUT2D eigenvalue weighted by Crippen LogP contribution is -2.72. The standard InChI is InChI=1S/C23H22BrClN4/c1-28-10-9-22-12-14-7-8-15(24)11-18(14)29(2)20(22)26-13-19(25)23(22)16-5-3-4-6-17(16)27-21(23)28/h3-8,11,19H,9-10,12-13H2,1-2H3/t19-,22+,23-/m1/s1. The van der Waals surface area contributed by atoms with Crippen LogP contribution in [0.5, 0.6) is 0 Å². The maximum Gasteiger partial charge on any atom is 0.118 e. The Kier molecular flexibility index (Phi) is 3.63. The number of anilines is 1. The van der Waals surface area contributed by atoms with Crippen LogP contribution in [0.1, 0.15) is 17.5 Å². The molecule has 6 heteroatoms. The SMILES string of the molecule is CN1CC[C@]23Cc4ccc(Br)cc4N(C)C2=NC[C@@H](Cl)[C@]32C1=Nc1ccccc12. The summed E-state index contributed by atoms with van der Waals surface area (Å²) in [6.45, 7) is 1.56. The minimum Gasteiger partial charge on any atom is -0.362 e. The number of para-hydroxylation sites is 1. The van der Waals surface area contributed by atoms with E-state index in [1.807, 2.05) is 0 Å². The Morgan fingerprint density at radius 1 is 1.14 bits per heavy atom. The van der Waals surface area contributed by atoms with Crippen molar-refractivity contribution in [2.45, 2.75) is 23.6 Å². The third-order valence-electron chi connectivity index (χ3n) is 7.42. The van der Waals surface area contributed by atoms with Crippen molar-refractivity contribution in [2.75, 3.05) is 32.1 Å². The molecular weight excluding hydrogens is 448 g/mol. The van der Waals surface area contributed by atoms with Gasteiger partial charge in [-0.25, -0.2) is 4.99 Å². The molecule has 148 valence electrons. The largest absolute Gasteiger partial charge is 0.362 e. The van der Waals surface area contributed by atoms with Crippen molar-refractivity contribution in [3.63, 3.8) is 0 Å². The van der Waals surface area contributed by atoms with Crippen molar-refractivity contribution >= 4 is 50.6 Å². The molecule has 0 radical (unpaired) electrons. The van der Waals surface area contributed by atoms with Gasteiger partial charge in [0.15, 0.2) is 0 Å². The van der Waals surface area contributed by atoms with Gasteiger partial charge in [-0.2, -0.15) is 0 Å². The Labute approximate surface area is 184 Å². The van der Waals surface area contributed by atoms with Gasteiger partial charge in [0.1, 0.15) is 11.7 Å². The quantitative estimate of drug-likeness (QED) is 0.521. The van der Waals surface area contributed by atoms with Gasteiger partial charge in [0.05, 0.1) is 28.4 Å². The lowest BCUT2D eigenvalue weighted by Gasteiger charge is -2.61. The number of benzene rings is 2. The van der Waals surface area contributed by atoms with Crippen LogP contribution in [0.25, 0.3) is 0 Å². The monoisotopic (exact) mass is 468 g/mol. The summed E-state index contributed by atoms with van der Waals surface area (Å²) in [4.78, 5) is 14.9. The first-order valence-corrected chi connectivity index (χ1v) is 11.3. The minimum absolute atomic E-state index is 0.123. The zero-order valence-corrected chi connectivity index (χ0v) is 18.8. The van der Waals surface area contributed by atoms with E-state index in [1.54, 1.807) is 0 Å². The number of piperidine rings is 1. The molecule has 0 saturated carbocycles. The first kappa shape index (κ1) is 18.0. The van der Waals surface area contributed by atoms with Gasteiger partial charge in [-0.15, -0.1) is 11.6 Å². The van der Waals surface area contributed by atoms with Crippen LogP contribution in [0.3, 0.4) is 0 Å². The van der Waals surface area contributed by atoms with E-state index in [2.05, 4.69) is 82.3 Å². The van der Waals surface area contributed by atoms with Crippen LogP contribution < -0.4 is 4.90 Å². The maximum atomic E-state index is 7.25. The van der Waals surface area contributed by atoms with Crippen molar-refractivity contribution in [3.8, 4) is 0 Å². The average molecular weight is 470 g/mol. The van der Waals surface area contributed by atoms with Gasteiger partial charge in [0.2, 0.25) is 0 Å². The number of amidine groups is 2. The fraction of sp³-hybridized carbons (Fsp3) is 0.391. The summed E-state index contributed by atoms with van der Waals surface area (Å²) in [6, 6.07) is 15.2. The number of likely N-dealkylation sites (N-methyl/N-ethyl adjacent to an activating group) is 1. The highest BCUT2D eigenvalue weighted by molar-refractivity contribution is 9.10. The second kappa shape index (κ2) is 5.86. The molecule has 2 aromatic carbocycles. The van der Waals surface area contributed by atoms with Crippen molar-refractivity contribution in [3.05, 3.63) is 58.1 Å². The number of hydrogen-bond acceptors (Lipinski definition) is 4. The zero-order valence-electron chi connectivity index (χ0n) is 16.5. The number of alkyl halides is 1. The predicted molar refractivity (Wildman–Crippen MR) is 123 cm³/mol. The molecule has 4 heterocycles. The number of hydrogen-bond donors (Lipinski definition) is 0. The minimum atomic E-state index is -0.353. The van der Waals surface area contributed by atoms with Gasteiger partial charge < -0.3 is 9.80 Å². The second-order valence-electron chi connectivity index (χ2n) is 8.65. The lowest BCUT2D eigenvalue weighted by atomic mass is 9.50. The average Bonchev–Trinajstić information content (AvgIpc) is 3.08. The van der Waals surface area contributed by atoms with Crippen LogP contribution in [-0.4, -0.2) is 49.1 Å². The summed E-state index contributed by atoms with van der Waals surface area (Å²) in [5.74, 6) is 2.28. The van der Waals surface area contributed by atoms with E-state index in [0.717, 1.165) is 41.2 Å². The van der Waals surface area contributed by atoms with E-state index >= 15 is 0 Å². The maximum absolute atomic E-state index is 7.25. The van der Waals surface area contributed by atoms with Crippen LogP contribution in [0.4, 0.5) is 11.4 Å². The summed E-state index contributed by atoms with van der Waals surface area (Å²) in [6.07, 6.45) is 1.95. The van der Waals surface area contributed by atoms with Crippen molar-refractivity contribution in [1.29, 1.82) is 0 Å². The van der Waals surface area contributed by atoms with Crippen LogP contribution >= 0.6 is 27.5 Å². The molecule has 2 aromatic rings. The highest BCUT2D eigenvalue weighted by Gasteiger charge is 2.69. The van der Waals surface area contributed by atoms with Crippen LogP contribution in [-0.2, 0) is 11.8 Å². The molecule has 1 saturated heterocycles. The summed E-state index contributed by atoms with van der Waals surface area (Å²) < 4.78 is 1.09. The summed E-state index contributed by atoms with van der Waals surface area (Å²) in [5.41, 5.74) is 4.37. The molecule has 29 heavy (non-hydrogen) atoms. The molecule has 0 N–H and O–H groups in total. The first-order valence-electron chi connectivity index (χ1n) is 10.1. The molecule has 4 aliphatic rings. The Hall–Kier alpha value is -1.85. The molecule has 2 spiro atoms. The van der Waals surface area contributed by atoms with Crippen molar-refractivity contribution < 1.29 is 0 Å². The number of nitrogens with zero attached hydrogens (tertiary/aromatic N) is 4. The molecule has 3 atom stereocenters. The van der Waals surface area contributed by atoms with Gasteiger partial charge in [-0.1, -0.05) is 40.2 Å². The Morgan fingerprint density at radius 2 is 1.97 bits per heavy atom. The van der Waals surface area contributed by atoms with Gasteiger partial charge in [-0.05, 0) is 42.2 Å². The lowest BCUT2D eigenvalue weighted by molar-refractivity contribution is 0.165. The molecule has 1 fully saturated rings. The number of fused-ring (bicyclic) bond motifs is 2. The van der Waals surface area contributed by atoms with E-state index in [4.69, 9.17) is 21.6 Å². The number of likely N-dealkylation sites (tertiary alicyclic amines) is 1. The molecule has 0 amide bonds. The normalized spacial score (nSPS) is 31.8. The molecule has 0 aliphatic carbocycles. The summed E-state index contributed by atoms with van der Waals surface area (Å²) in [7, 11) is 4.31. The molecular formula is C23H22BrClN4. The van der Waals surface area contributed by atoms with Crippen LogP contribution in [0.2, 0.25) is 0 Å². The number of halogens is 2. The highest BCUT2D eigenvalue weighted by atomic mass is 79.9. The van der Waals surface area contributed by atoms with Crippen LogP contribution in [0, 0.1) is 5.41 Å². The van der Waals surface area contributed by atoms with Gasteiger partial charge in [0, 0.05) is 30.8 Å². The Balaban J connectivity index is 1.68. The highest BCUT2D eigenvalue weighted by Crippen LogP contribution is 2.63. The topological polar surface area (TPSA) is 31.2 Å². The Morgan fingerprint density at radius 3 is 2.83 bits per heavy atom.